The molecule has 4 heteroatoms. The molecule has 104 valence electrons. The van der Waals surface area contributed by atoms with Gasteiger partial charge in [-0.2, -0.15) is 0 Å². The van der Waals surface area contributed by atoms with Crippen LogP contribution in [0, 0.1) is 12.8 Å². The van der Waals surface area contributed by atoms with Crippen LogP contribution in [0.5, 0.6) is 0 Å². The van der Waals surface area contributed by atoms with E-state index < -0.39 is 0 Å². The van der Waals surface area contributed by atoms with Crippen LogP contribution < -0.4 is 0 Å². The highest BCUT2D eigenvalue weighted by Crippen LogP contribution is 2.26. The van der Waals surface area contributed by atoms with E-state index in [0.29, 0.717) is 25.5 Å². The van der Waals surface area contributed by atoms with E-state index in [4.69, 9.17) is 16.3 Å². The molecule has 1 aliphatic heterocycles. The van der Waals surface area contributed by atoms with Crippen LogP contribution in [-0.4, -0.2) is 37.6 Å². The number of amides is 1. The maximum Gasteiger partial charge on any atom is 0.223 e. The molecule has 0 radical (unpaired) electrons. The number of hydrogen-bond acceptors (Lipinski definition) is 2. The quantitative estimate of drug-likeness (QED) is 0.830. The number of methoxy groups -OCH3 is 1. The van der Waals surface area contributed by atoms with Gasteiger partial charge in [-0.05, 0) is 36.5 Å². The summed E-state index contributed by atoms with van der Waals surface area (Å²) in [5, 5.41) is 0.804. The largest absolute Gasteiger partial charge is 0.383 e. The molecule has 3 nitrogen and oxygen atoms in total. The molecule has 1 amide bonds. The standard InChI is InChI=1S/C15H20ClNO2/c1-11-13(4-3-5-14(11)16)8-12-9-15(18)17(10-12)6-7-19-2/h3-5,12H,6-10H2,1-2H3/t12-/m1/s1. The zero-order valence-corrected chi connectivity index (χ0v) is 12.2. The van der Waals surface area contributed by atoms with Crippen molar-refractivity contribution < 1.29 is 9.53 Å². The fourth-order valence-corrected chi connectivity index (χ4v) is 2.79. The number of carbonyl (C=O) groups is 1. The average molecular weight is 282 g/mol. The van der Waals surface area contributed by atoms with E-state index in [2.05, 4.69) is 6.07 Å². The second kappa shape index (κ2) is 6.40. The molecular formula is C15H20ClNO2. The zero-order valence-electron chi connectivity index (χ0n) is 11.5. The minimum Gasteiger partial charge on any atom is -0.383 e. The third-order valence-corrected chi connectivity index (χ3v) is 4.16. The first-order valence-corrected chi connectivity index (χ1v) is 7.00. The predicted molar refractivity (Wildman–Crippen MR) is 76.5 cm³/mol. The lowest BCUT2D eigenvalue weighted by Crippen LogP contribution is -2.28. The van der Waals surface area contributed by atoms with Crippen molar-refractivity contribution in [3.8, 4) is 0 Å². The molecule has 1 aromatic rings. The van der Waals surface area contributed by atoms with Gasteiger partial charge in [-0.3, -0.25) is 4.79 Å². The van der Waals surface area contributed by atoms with Crippen LogP contribution in [0.2, 0.25) is 5.02 Å². The molecule has 1 fully saturated rings. The van der Waals surface area contributed by atoms with E-state index in [-0.39, 0.29) is 5.91 Å². The van der Waals surface area contributed by atoms with Crippen molar-refractivity contribution in [1.29, 1.82) is 0 Å². The van der Waals surface area contributed by atoms with Crippen molar-refractivity contribution in [2.45, 2.75) is 19.8 Å². The van der Waals surface area contributed by atoms with E-state index in [0.717, 1.165) is 23.6 Å². The first kappa shape index (κ1) is 14.4. The van der Waals surface area contributed by atoms with Crippen molar-refractivity contribution in [2.24, 2.45) is 5.92 Å². The number of nitrogens with zero attached hydrogens (tertiary/aromatic N) is 1. The van der Waals surface area contributed by atoms with Gasteiger partial charge in [0.05, 0.1) is 6.61 Å². The van der Waals surface area contributed by atoms with Crippen LogP contribution in [0.3, 0.4) is 0 Å². The van der Waals surface area contributed by atoms with E-state index in [1.807, 2.05) is 24.0 Å². The first-order valence-electron chi connectivity index (χ1n) is 6.62. The Bertz CT molecular complexity index is 461. The summed E-state index contributed by atoms with van der Waals surface area (Å²) in [6, 6.07) is 5.98. The maximum atomic E-state index is 11.9. The molecule has 2 rings (SSSR count). The van der Waals surface area contributed by atoms with Gasteiger partial charge in [0.25, 0.3) is 0 Å². The maximum absolute atomic E-state index is 11.9. The van der Waals surface area contributed by atoms with E-state index in [1.165, 1.54) is 5.56 Å². The highest BCUT2D eigenvalue weighted by molar-refractivity contribution is 6.31. The second-order valence-corrected chi connectivity index (χ2v) is 5.54. The SMILES string of the molecule is COCCN1C[C@H](Cc2cccc(Cl)c2C)CC1=O. The average Bonchev–Trinajstić information content (AvgIpc) is 2.73. The summed E-state index contributed by atoms with van der Waals surface area (Å²) in [5.41, 5.74) is 2.38. The second-order valence-electron chi connectivity index (χ2n) is 5.13. The van der Waals surface area contributed by atoms with Crippen molar-refractivity contribution in [2.75, 3.05) is 26.8 Å². The third kappa shape index (κ3) is 3.48. The van der Waals surface area contributed by atoms with Crippen LogP contribution in [0.1, 0.15) is 17.5 Å². The Hall–Kier alpha value is -1.06. The summed E-state index contributed by atoms with van der Waals surface area (Å²) in [6.45, 7) is 4.17. The van der Waals surface area contributed by atoms with Gasteiger partial charge in [-0.25, -0.2) is 0 Å². The predicted octanol–water partition coefficient (Wildman–Crippen LogP) is 2.69. The number of ether oxygens (including phenoxy) is 1. The number of rotatable bonds is 5. The fourth-order valence-electron chi connectivity index (χ4n) is 2.59. The normalized spacial score (nSPS) is 19.2. The molecule has 1 heterocycles. The summed E-state index contributed by atoms with van der Waals surface area (Å²) < 4.78 is 5.03. The Balaban J connectivity index is 1.97. The van der Waals surface area contributed by atoms with Gasteiger partial charge in [0.1, 0.15) is 0 Å². The van der Waals surface area contributed by atoms with Crippen molar-refractivity contribution >= 4 is 17.5 Å². The van der Waals surface area contributed by atoms with Crippen LogP contribution >= 0.6 is 11.6 Å². The van der Waals surface area contributed by atoms with Gasteiger partial charge >= 0.3 is 0 Å². The van der Waals surface area contributed by atoms with E-state index >= 15 is 0 Å². The minimum absolute atomic E-state index is 0.238. The van der Waals surface area contributed by atoms with Gasteiger partial charge in [0.15, 0.2) is 0 Å². The first-order chi connectivity index (χ1) is 9.11. The van der Waals surface area contributed by atoms with Gasteiger partial charge in [-0.1, -0.05) is 23.7 Å². The number of carbonyl (C=O) groups excluding carboxylic acids is 1. The smallest absolute Gasteiger partial charge is 0.223 e. The van der Waals surface area contributed by atoms with Crippen LogP contribution in [0.25, 0.3) is 0 Å². The summed E-state index contributed by atoms with van der Waals surface area (Å²) >= 11 is 6.13. The Kier molecular flexibility index (Phi) is 4.83. The van der Waals surface area contributed by atoms with Gasteiger partial charge in [-0.15, -0.1) is 0 Å². The molecule has 1 saturated heterocycles. The molecular weight excluding hydrogens is 262 g/mol. The van der Waals surface area contributed by atoms with Crippen molar-refractivity contribution in [1.82, 2.24) is 4.90 Å². The molecule has 1 aromatic carbocycles. The van der Waals surface area contributed by atoms with Gasteiger partial charge in [0.2, 0.25) is 5.91 Å². The van der Waals surface area contributed by atoms with E-state index in [1.54, 1.807) is 7.11 Å². The lowest BCUT2D eigenvalue weighted by molar-refractivity contribution is -0.128. The highest BCUT2D eigenvalue weighted by Gasteiger charge is 2.29. The summed E-state index contributed by atoms with van der Waals surface area (Å²) in [7, 11) is 1.66. The summed E-state index contributed by atoms with van der Waals surface area (Å²) in [5.74, 6) is 0.628. The molecule has 0 N–H and O–H groups in total. The number of hydrogen-bond donors (Lipinski definition) is 0. The highest BCUT2D eigenvalue weighted by atomic mass is 35.5. The molecule has 0 aromatic heterocycles. The molecule has 0 spiro atoms. The Morgan fingerprint density at radius 3 is 3.00 bits per heavy atom. The number of likely N-dealkylation sites (tertiary alicyclic amines) is 1. The lowest BCUT2D eigenvalue weighted by atomic mass is 9.95. The van der Waals surface area contributed by atoms with Gasteiger partial charge in [0, 0.05) is 31.6 Å². The topological polar surface area (TPSA) is 29.5 Å². The molecule has 1 aliphatic rings. The molecule has 0 aliphatic carbocycles. The fraction of sp³-hybridized carbons (Fsp3) is 0.533. The Morgan fingerprint density at radius 2 is 2.26 bits per heavy atom. The van der Waals surface area contributed by atoms with Crippen LogP contribution in [-0.2, 0) is 16.0 Å². The third-order valence-electron chi connectivity index (χ3n) is 3.75. The minimum atomic E-state index is 0.238. The van der Waals surface area contributed by atoms with Crippen molar-refractivity contribution in [3.05, 3.63) is 34.3 Å². The van der Waals surface area contributed by atoms with Gasteiger partial charge < -0.3 is 9.64 Å². The molecule has 0 saturated carbocycles. The number of benzene rings is 1. The molecule has 0 unspecified atom stereocenters. The van der Waals surface area contributed by atoms with Crippen molar-refractivity contribution in [3.63, 3.8) is 0 Å². The summed E-state index contributed by atoms with van der Waals surface area (Å²) in [4.78, 5) is 13.8. The molecule has 1 atom stereocenters. The Morgan fingerprint density at radius 1 is 1.47 bits per heavy atom. The summed E-state index contributed by atoms with van der Waals surface area (Å²) in [6.07, 6.45) is 1.55. The lowest BCUT2D eigenvalue weighted by Gasteiger charge is -2.16. The van der Waals surface area contributed by atoms with Crippen LogP contribution in [0.15, 0.2) is 18.2 Å². The zero-order chi connectivity index (χ0) is 13.8. The van der Waals surface area contributed by atoms with Crippen LogP contribution in [0.4, 0.5) is 0 Å². The monoisotopic (exact) mass is 281 g/mol. The molecule has 19 heavy (non-hydrogen) atoms. The Labute approximate surface area is 119 Å². The van der Waals surface area contributed by atoms with E-state index in [9.17, 15) is 4.79 Å². The number of halogens is 1. The molecule has 0 bridgehead atoms.